The highest BCUT2D eigenvalue weighted by molar-refractivity contribution is 5.88. The van der Waals surface area contributed by atoms with Crippen molar-refractivity contribution < 1.29 is 9.90 Å². The van der Waals surface area contributed by atoms with E-state index in [1.54, 1.807) is 30.3 Å². The molecule has 0 radical (unpaired) electrons. The number of amides is 1. The van der Waals surface area contributed by atoms with E-state index in [4.69, 9.17) is 10.4 Å². The molecule has 0 spiro atoms. The molecule has 72 valence electrons. The molecule has 4 nitrogen and oxygen atoms in total. The lowest BCUT2D eigenvalue weighted by Gasteiger charge is -2.04. The molecule has 1 unspecified atom stereocenters. The molecule has 1 rings (SSSR count). The number of hydrogen-bond acceptors (Lipinski definition) is 3. The second-order valence-corrected chi connectivity index (χ2v) is 2.83. The van der Waals surface area contributed by atoms with Crippen LogP contribution >= 0.6 is 0 Å². The lowest BCUT2D eigenvalue weighted by Crippen LogP contribution is -2.05. The Morgan fingerprint density at radius 2 is 2.07 bits per heavy atom. The van der Waals surface area contributed by atoms with Crippen LogP contribution in [0.15, 0.2) is 24.3 Å². The fraction of sp³-hybridized carbons (Fsp3) is 0.200. The summed E-state index contributed by atoms with van der Waals surface area (Å²) in [7, 11) is 0. The fourth-order valence-electron chi connectivity index (χ4n) is 1.03. The van der Waals surface area contributed by atoms with Crippen molar-refractivity contribution in [1.82, 2.24) is 0 Å². The van der Waals surface area contributed by atoms with Crippen LogP contribution in [0.25, 0.3) is 0 Å². The van der Waals surface area contributed by atoms with E-state index >= 15 is 0 Å². The number of anilines is 1. The van der Waals surface area contributed by atoms with Crippen molar-refractivity contribution in [3.8, 4) is 6.07 Å². The van der Waals surface area contributed by atoms with Crippen molar-refractivity contribution in [3.63, 3.8) is 0 Å². The average Bonchev–Trinajstić information content (AvgIpc) is 2.17. The largest absolute Gasteiger partial charge is 0.374 e. The summed E-state index contributed by atoms with van der Waals surface area (Å²) in [6.07, 6.45) is -1.11. The maximum Gasteiger partial charge on any atom is 0.221 e. The van der Waals surface area contributed by atoms with E-state index in [1.807, 2.05) is 0 Å². The zero-order valence-corrected chi connectivity index (χ0v) is 7.69. The maximum atomic E-state index is 10.7. The highest BCUT2D eigenvalue weighted by Crippen LogP contribution is 2.15. The first-order valence-corrected chi connectivity index (χ1v) is 4.08. The number of aliphatic hydroxyl groups is 1. The van der Waals surface area contributed by atoms with Crippen LogP contribution in [-0.2, 0) is 4.79 Å². The molecule has 0 heterocycles. The van der Waals surface area contributed by atoms with Crippen molar-refractivity contribution in [1.29, 1.82) is 5.26 Å². The number of carbonyl (C=O) groups is 1. The van der Waals surface area contributed by atoms with E-state index in [1.165, 1.54) is 6.92 Å². The van der Waals surface area contributed by atoms with Gasteiger partial charge in [-0.3, -0.25) is 4.79 Å². The third-order valence-electron chi connectivity index (χ3n) is 1.67. The molecule has 0 aliphatic rings. The van der Waals surface area contributed by atoms with Crippen molar-refractivity contribution >= 4 is 11.6 Å². The Morgan fingerprint density at radius 1 is 1.50 bits per heavy atom. The monoisotopic (exact) mass is 190 g/mol. The number of nitrogens with one attached hydrogen (secondary N) is 1. The number of benzene rings is 1. The molecule has 1 amide bonds. The molecule has 1 aromatic carbocycles. The molecule has 14 heavy (non-hydrogen) atoms. The Hall–Kier alpha value is -1.86. The van der Waals surface area contributed by atoms with Crippen molar-refractivity contribution in [3.05, 3.63) is 29.8 Å². The molecule has 1 aromatic rings. The molecule has 0 fully saturated rings. The lowest BCUT2D eigenvalue weighted by atomic mass is 10.1. The van der Waals surface area contributed by atoms with E-state index in [0.717, 1.165) is 0 Å². The first-order chi connectivity index (χ1) is 6.63. The minimum Gasteiger partial charge on any atom is -0.374 e. The van der Waals surface area contributed by atoms with Crippen LogP contribution in [0.5, 0.6) is 0 Å². The molecular formula is C10H10N2O2. The number of nitriles is 1. The van der Waals surface area contributed by atoms with E-state index in [9.17, 15) is 4.79 Å². The van der Waals surface area contributed by atoms with E-state index in [2.05, 4.69) is 5.32 Å². The van der Waals surface area contributed by atoms with Gasteiger partial charge in [-0.2, -0.15) is 5.26 Å². The molecule has 0 aliphatic carbocycles. The average molecular weight is 190 g/mol. The Bertz CT molecular complexity index is 365. The third-order valence-corrected chi connectivity index (χ3v) is 1.67. The van der Waals surface area contributed by atoms with Gasteiger partial charge >= 0.3 is 0 Å². The van der Waals surface area contributed by atoms with Gasteiger partial charge in [0.25, 0.3) is 0 Å². The van der Waals surface area contributed by atoms with Gasteiger partial charge in [0.2, 0.25) is 5.91 Å². The van der Waals surface area contributed by atoms with Gasteiger partial charge in [-0.15, -0.1) is 0 Å². The van der Waals surface area contributed by atoms with Gasteiger partial charge in [-0.05, 0) is 17.7 Å². The number of aliphatic hydroxyl groups excluding tert-OH is 1. The van der Waals surface area contributed by atoms with Gasteiger partial charge in [-0.1, -0.05) is 12.1 Å². The quantitative estimate of drug-likeness (QED) is 0.688. The molecule has 0 saturated carbocycles. The van der Waals surface area contributed by atoms with Crippen LogP contribution in [0, 0.1) is 11.3 Å². The zero-order chi connectivity index (χ0) is 10.6. The van der Waals surface area contributed by atoms with Crippen molar-refractivity contribution in [2.24, 2.45) is 0 Å². The molecule has 0 aliphatic heterocycles. The summed E-state index contributed by atoms with van der Waals surface area (Å²) in [5, 5.41) is 20.2. The van der Waals surface area contributed by atoms with E-state index in [0.29, 0.717) is 11.3 Å². The van der Waals surface area contributed by atoms with Crippen LogP contribution in [0.1, 0.15) is 18.6 Å². The minimum absolute atomic E-state index is 0.154. The van der Waals surface area contributed by atoms with Crippen molar-refractivity contribution in [2.45, 2.75) is 13.0 Å². The summed E-state index contributed by atoms with van der Waals surface area (Å²) in [6.45, 7) is 1.41. The minimum atomic E-state index is -1.11. The Morgan fingerprint density at radius 3 is 2.50 bits per heavy atom. The van der Waals surface area contributed by atoms with Crippen LogP contribution < -0.4 is 5.32 Å². The van der Waals surface area contributed by atoms with Gasteiger partial charge in [0, 0.05) is 12.6 Å². The lowest BCUT2D eigenvalue weighted by molar-refractivity contribution is -0.114. The highest BCUT2D eigenvalue weighted by atomic mass is 16.3. The van der Waals surface area contributed by atoms with Crippen LogP contribution in [0.3, 0.4) is 0 Å². The summed E-state index contributed by atoms with van der Waals surface area (Å²) in [5.41, 5.74) is 1.16. The Balaban J connectivity index is 2.79. The van der Waals surface area contributed by atoms with E-state index in [-0.39, 0.29) is 5.91 Å². The number of rotatable bonds is 2. The molecular weight excluding hydrogens is 180 g/mol. The number of nitrogens with zero attached hydrogens (tertiary/aromatic N) is 1. The second-order valence-electron chi connectivity index (χ2n) is 2.83. The summed E-state index contributed by atoms with van der Waals surface area (Å²) in [6, 6.07) is 8.17. The van der Waals surface area contributed by atoms with Gasteiger partial charge in [0.15, 0.2) is 6.10 Å². The van der Waals surface area contributed by atoms with Gasteiger partial charge in [0.1, 0.15) is 0 Å². The smallest absolute Gasteiger partial charge is 0.221 e. The predicted octanol–water partition coefficient (Wildman–Crippen LogP) is 1.20. The summed E-state index contributed by atoms with van der Waals surface area (Å²) in [4.78, 5) is 10.7. The first-order valence-electron chi connectivity index (χ1n) is 4.08. The van der Waals surface area contributed by atoms with Crippen LogP contribution in [0.2, 0.25) is 0 Å². The fourth-order valence-corrected chi connectivity index (χ4v) is 1.03. The van der Waals surface area contributed by atoms with E-state index < -0.39 is 6.10 Å². The summed E-state index contributed by atoms with van der Waals surface area (Å²) in [5.74, 6) is -0.154. The van der Waals surface area contributed by atoms with Crippen LogP contribution in [-0.4, -0.2) is 11.0 Å². The molecule has 1 atom stereocenters. The SMILES string of the molecule is CC(=O)Nc1ccc(C(O)C#N)cc1. The Labute approximate surface area is 81.8 Å². The third kappa shape index (κ3) is 2.57. The first kappa shape index (κ1) is 10.2. The van der Waals surface area contributed by atoms with Gasteiger partial charge < -0.3 is 10.4 Å². The highest BCUT2D eigenvalue weighted by Gasteiger charge is 2.04. The molecule has 4 heteroatoms. The molecule has 0 saturated heterocycles. The molecule has 0 bridgehead atoms. The number of hydrogen-bond donors (Lipinski definition) is 2. The summed E-state index contributed by atoms with van der Waals surface area (Å²) >= 11 is 0. The number of carbonyl (C=O) groups excluding carboxylic acids is 1. The zero-order valence-electron chi connectivity index (χ0n) is 7.69. The Kier molecular flexibility index (Phi) is 3.21. The predicted molar refractivity (Wildman–Crippen MR) is 51.3 cm³/mol. The van der Waals surface area contributed by atoms with Crippen molar-refractivity contribution in [2.75, 3.05) is 5.32 Å². The molecule has 2 N–H and O–H groups in total. The molecule has 0 aromatic heterocycles. The summed E-state index contributed by atoms with van der Waals surface area (Å²) < 4.78 is 0. The normalized spacial score (nSPS) is 11.5. The standard InChI is InChI=1S/C10H10N2O2/c1-7(13)12-9-4-2-8(3-5-9)10(14)6-11/h2-5,10,14H,1H3,(H,12,13). The topological polar surface area (TPSA) is 73.1 Å². The van der Waals surface area contributed by atoms with Gasteiger partial charge in [-0.25, -0.2) is 0 Å². The van der Waals surface area contributed by atoms with Crippen LogP contribution in [0.4, 0.5) is 5.69 Å². The maximum absolute atomic E-state index is 10.7. The van der Waals surface area contributed by atoms with Gasteiger partial charge in [0.05, 0.1) is 6.07 Å². The second kappa shape index (κ2) is 4.40.